The van der Waals surface area contributed by atoms with Crippen LogP contribution < -0.4 is 10.6 Å². The molecule has 1 aromatic carbocycles. The van der Waals surface area contributed by atoms with Crippen molar-refractivity contribution in [3.63, 3.8) is 0 Å². The van der Waals surface area contributed by atoms with Gasteiger partial charge in [0.05, 0.1) is 27.9 Å². The molecule has 0 aliphatic heterocycles. The van der Waals surface area contributed by atoms with Crippen LogP contribution in [-0.2, 0) is 7.05 Å². The minimum absolute atomic E-state index is 0.236. The minimum atomic E-state index is -0.320. The van der Waals surface area contributed by atoms with Crippen LogP contribution in [0, 0.1) is 0 Å². The third-order valence-corrected chi connectivity index (χ3v) is 4.18. The number of carbonyl (C=O) groups is 2. The Morgan fingerprint density at radius 3 is 2.73 bits per heavy atom. The van der Waals surface area contributed by atoms with Crippen LogP contribution in [0.5, 0.6) is 0 Å². The summed E-state index contributed by atoms with van der Waals surface area (Å²) in [4.78, 5) is 28.7. The van der Waals surface area contributed by atoms with Gasteiger partial charge in [0.1, 0.15) is 5.52 Å². The molecule has 26 heavy (non-hydrogen) atoms. The van der Waals surface area contributed by atoms with Crippen molar-refractivity contribution >= 4 is 40.1 Å². The molecule has 134 valence electrons. The van der Waals surface area contributed by atoms with Gasteiger partial charge in [-0.15, -0.1) is 0 Å². The van der Waals surface area contributed by atoms with Crippen molar-refractivity contribution in [2.45, 2.75) is 13.3 Å². The van der Waals surface area contributed by atoms with E-state index in [2.05, 4.69) is 20.7 Å². The number of carbonyl (C=O) groups excluding carboxylic acids is 2. The highest BCUT2D eigenvalue weighted by molar-refractivity contribution is 6.34. The lowest BCUT2D eigenvalue weighted by Gasteiger charge is -2.09. The van der Waals surface area contributed by atoms with E-state index in [9.17, 15) is 9.59 Å². The van der Waals surface area contributed by atoms with Crippen LogP contribution in [-0.4, -0.2) is 33.1 Å². The summed E-state index contributed by atoms with van der Waals surface area (Å²) in [6.45, 7) is 2.55. The van der Waals surface area contributed by atoms with Gasteiger partial charge in [-0.05, 0) is 30.7 Å². The molecular weight excluding hydrogens is 354 g/mol. The van der Waals surface area contributed by atoms with Crippen LogP contribution in [0.1, 0.15) is 34.1 Å². The summed E-state index contributed by atoms with van der Waals surface area (Å²) in [5, 5.41) is 9.91. The van der Waals surface area contributed by atoms with E-state index in [0.29, 0.717) is 23.4 Å². The number of aryl methyl sites for hydroxylation is 1. The van der Waals surface area contributed by atoms with Gasteiger partial charge in [-0.25, -0.2) is 0 Å². The number of aromatic nitrogens is 3. The second-order valence-electron chi connectivity index (χ2n) is 5.80. The summed E-state index contributed by atoms with van der Waals surface area (Å²) in [7, 11) is 1.79. The monoisotopic (exact) mass is 371 g/mol. The average Bonchev–Trinajstić information content (AvgIpc) is 3.00. The van der Waals surface area contributed by atoms with Gasteiger partial charge in [0.15, 0.2) is 0 Å². The first-order valence-corrected chi connectivity index (χ1v) is 8.54. The zero-order valence-electron chi connectivity index (χ0n) is 14.4. The summed E-state index contributed by atoms with van der Waals surface area (Å²) in [6, 6.07) is 6.50. The maximum Gasteiger partial charge on any atom is 0.257 e. The molecular formula is C18H18ClN5O2. The molecule has 0 aliphatic carbocycles. The second-order valence-corrected chi connectivity index (χ2v) is 6.21. The summed E-state index contributed by atoms with van der Waals surface area (Å²) in [6.07, 6.45) is 3.97. The molecule has 0 unspecified atom stereocenters. The number of fused-ring (bicyclic) bond motifs is 1. The van der Waals surface area contributed by atoms with Crippen molar-refractivity contribution in [3.05, 3.63) is 52.8 Å². The predicted molar refractivity (Wildman–Crippen MR) is 101 cm³/mol. The fourth-order valence-electron chi connectivity index (χ4n) is 2.46. The molecule has 3 aromatic rings. The zero-order valence-corrected chi connectivity index (χ0v) is 15.2. The number of halogens is 1. The Morgan fingerprint density at radius 2 is 2.00 bits per heavy atom. The van der Waals surface area contributed by atoms with Crippen LogP contribution in [0.15, 0.2) is 36.7 Å². The summed E-state index contributed by atoms with van der Waals surface area (Å²) in [5.74, 6) is -0.555. The van der Waals surface area contributed by atoms with Crippen molar-refractivity contribution in [3.8, 4) is 0 Å². The van der Waals surface area contributed by atoms with Crippen LogP contribution in [0.25, 0.3) is 11.0 Å². The number of hydrogen-bond acceptors (Lipinski definition) is 4. The largest absolute Gasteiger partial charge is 0.352 e. The minimum Gasteiger partial charge on any atom is -0.352 e. The number of hydrogen-bond donors (Lipinski definition) is 2. The van der Waals surface area contributed by atoms with E-state index < -0.39 is 0 Å². The molecule has 7 nitrogen and oxygen atoms in total. The molecule has 2 heterocycles. The van der Waals surface area contributed by atoms with E-state index in [0.717, 1.165) is 17.5 Å². The van der Waals surface area contributed by atoms with Gasteiger partial charge in [0.25, 0.3) is 11.8 Å². The van der Waals surface area contributed by atoms with Gasteiger partial charge in [-0.1, -0.05) is 18.5 Å². The van der Waals surface area contributed by atoms with Crippen molar-refractivity contribution in [2.75, 3.05) is 11.9 Å². The molecule has 3 rings (SSSR count). The maximum absolute atomic E-state index is 12.5. The van der Waals surface area contributed by atoms with Gasteiger partial charge in [0.2, 0.25) is 0 Å². The fourth-order valence-corrected chi connectivity index (χ4v) is 2.73. The molecule has 0 radical (unpaired) electrons. The molecule has 0 bridgehead atoms. The highest BCUT2D eigenvalue weighted by Crippen LogP contribution is 2.22. The van der Waals surface area contributed by atoms with E-state index >= 15 is 0 Å². The summed E-state index contributed by atoms with van der Waals surface area (Å²) in [5.41, 5.74) is 2.75. The summed E-state index contributed by atoms with van der Waals surface area (Å²) >= 11 is 6.18. The standard InChI is InChI=1S/C18H18ClN5O2/c1-3-6-20-18(26)13-5-4-12(8-14(13)19)23-17(25)11-7-16-15(21-9-11)10-22-24(16)2/h4-5,7-10H,3,6H2,1-2H3,(H,20,26)(H,23,25). The van der Waals surface area contributed by atoms with Gasteiger partial charge in [0, 0.05) is 25.5 Å². The third kappa shape index (κ3) is 3.67. The molecule has 0 fully saturated rings. The van der Waals surface area contributed by atoms with E-state index in [1.54, 1.807) is 42.2 Å². The second kappa shape index (κ2) is 7.53. The number of amides is 2. The first-order valence-electron chi connectivity index (χ1n) is 8.16. The molecule has 2 amide bonds. The lowest BCUT2D eigenvalue weighted by Crippen LogP contribution is -2.24. The van der Waals surface area contributed by atoms with Crippen LogP contribution in [0.4, 0.5) is 5.69 Å². The molecule has 0 atom stereocenters. The number of pyridine rings is 1. The predicted octanol–water partition coefficient (Wildman–Crippen LogP) is 3.01. The molecule has 0 aliphatic rings. The molecule has 8 heteroatoms. The highest BCUT2D eigenvalue weighted by Gasteiger charge is 2.13. The number of nitrogens with zero attached hydrogens (tertiary/aromatic N) is 3. The maximum atomic E-state index is 12.5. The third-order valence-electron chi connectivity index (χ3n) is 3.87. The van der Waals surface area contributed by atoms with Crippen molar-refractivity contribution in [1.82, 2.24) is 20.1 Å². The zero-order chi connectivity index (χ0) is 18.7. The Morgan fingerprint density at radius 1 is 1.19 bits per heavy atom. The molecule has 2 aromatic heterocycles. The topological polar surface area (TPSA) is 88.9 Å². The number of nitrogens with one attached hydrogen (secondary N) is 2. The van der Waals surface area contributed by atoms with Crippen LogP contribution in [0.2, 0.25) is 5.02 Å². The Kier molecular flexibility index (Phi) is 5.18. The van der Waals surface area contributed by atoms with E-state index in [1.165, 1.54) is 6.20 Å². The highest BCUT2D eigenvalue weighted by atomic mass is 35.5. The Bertz CT molecular complexity index is 983. The number of anilines is 1. The lowest BCUT2D eigenvalue weighted by atomic mass is 10.1. The lowest BCUT2D eigenvalue weighted by molar-refractivity contribution is 0.0953. The van der Waals surface area contributed by atoms with Crippen molar-refractivity contribution in [1.29, 1.82) is 0 Å². The molecule has 2 N–H and O–H groups in total. The normalized spacial score (nSPS) is 10.7. The fraction of sp³-hybridized carbons (Fsp3) is 0.222. The smallest absolute Gasteiger partial charge is 0.257 e. The number of benzene rings is 1. The first kappa shape index (κ1) is 17.9. The van der Waals surface area contributed by atoms with E-state index in [1.807, 2.05) is 6.92 Å². The Balaban J connectivity index is 1.77. The van der Waals surface area contributed by atoms with Gasteiger partial charge in [-0.3, -0.25) is 19.3 Å². The van der Waals surface area contributed by atoms with Gasteiger partial charge >= 0.3 is 0 Å². The van der Waals surface area contributed by atoms with Crippen LogP contribution >= 0.6 is 11.6 Å². The summed E-state index contributed by atoms with van der Waals surface area (Å²) < 4.78 is 1.65. The molecule has 0 spiro atoms. The SMILES string of the molecule is CCCNC(=O)c1ccc(NC(=O)c2cnc3cnn(C)c3c2)cc1Cl. The Labute approximate surface area is 155 Å². The first-order chi connectivity index (χ1) is 12.5. The van der Waals surface area contributed by atoms with Crippen molar-refractivity contribution in [2.24, 2.45) is 7.05 Å². The number of rotatable bonds is 5. The van der Waals surface area contributed by atoms with E-state index in [4.69, 9.17) is 11.6 Å². The average molecular weight is 372 g/mol. The van der Waals surface area contributed by atoms with E-state index in [-0.39, 0.29) is 16.8 Å². The molecule has 0 saturated heterocycles. The van der Waals surface area contributed by atoms with Crippen LogP contribution in [0.3, 0.4) is 0 Å². The van der Waals surface area contributed by atoms with Gasteiger partial charge in [-0.2, -0.15) is 5.10 Å². The molecule has 0 saturated carbocycles. The van der Waals surface area contributed by atoms with Gasteiger partial charge < -0.3 is 10.6 Å². The quantitative estimate of drug-likeness (QED) is 0.721. The van der Waals surface area contributed by atoms with Crippen molar-refractivity contribution < 1.29 is 9.59 Å². The Hall–Kier alpha value is -2.93.